The molecule has 1 aliphatic rings. The predicted molar refractivity (Wildman–Crippen MR) is 132 cm³/mol. The fraction of sp³-hybridized carbons (Fsp3) is 0.208. The lowest BCUT2D eigenvalue weighted by Crippen LogP contribution is -2.20. The fourth-order valence-electron chi connectivity index (χ4n) is 3.98. The SMILES string of the molecule is COc1ccc(C2CC(c3ccc(Cl)cc3)=NN2c2ccc(S(N)(=O)=O)cc2)c(OC)c1OC. The van der Waals surface area contributed by atoms with Crippen LogP contribution in [0.3, 0.4) is 0 Å². The standard InChI is InChI=1S/C24H24ClN3O5S/c1-31-22-13-12-19(23(32-2)24(22)33-3)21-14-20(15-4-6-16(25)7-5-15)27-28(21)17-8-10-18(11-9-17)34(26,29)30/h4-13,21H,14H2,1-3H3,(H2,26,29,30). The van der Waals surface area contributed by atoms with Crippen molar-refractivity contribution < 1.29 is 22.6 Å². The Balaban J connectivity index is 1.83. The van der Waals surface area contributed by atoms with Crippen LogP contribution in [0.15, 0.2) is 70.7 Å². The van der Waals surface area contributed by atoms with E-state index >= 15 is 0 Å². The molecule has 34 heavy (non-hydrogen) atoms. The summed E-state index contributed by atoms with van der Waals surface area (Å²) in [6, 6.07) is 17.2. The Kier molecular flexibility index (Phi) is 6.70. The van der Waals surface area contributed by atoms with Crippen LogP contribution in [0.5, 0.6) is 17.2 Å². The Hall–Kier alpha value is -3.27. The maximum absolute atomic E-state index is 11.7. The summed E-state index contributed by atoms with van der Waals surface area (Å²) in [7, 11) is 0.877. The number of hydrogen-bond donors (Lipinski definition) is 1. The van der Waals surface area contributed by atoms with Crippen LogP contribution in [0.1, 0.15) is 23.6 Å². The lowest BCUT2D eigenvalue weighted by atomic mass is 9.97. The van der Waals surface area contributed by atoms with Crippen LogP contribution in [0.4, 0.5) is 5.69 Å². The highest BCUT2D eigenvalue weighted by molar-refractivity contribution is 7.89. The number of hydrazone groups is 1. The maximum atomic E-state index is 11.7. The second-order valence-electron chi connectivity index (χ2n) is 7.58. The predicted octanol–water partition coefficient (Wildman–Crippen LogP) is 4.37. The van der Waals surface area contributed by atoms with Crippen LogP contribution in [-0.4, -0.2) is 35.5 Å². The zero-order valence-electron chi connectivity index (χ0n) is 18.9. The van der Waals surface area contributed by atoms with E-state index in [1.807, 2.05) is 41.4 Å². The van der Waals surface area contributed by atoms with E-state index in [1.54, 1.807) is 33.5 Å². The van der Waals surface area contributed by atoms with E-state index in [2.05, 4.69) is 0 Å². The Morgan fingerprint density at radius 1 is 0.912 bits per heavy atom. The van der Waals surface area contributed by atoms with Gasteiger partial charge in [0.15, 0.2) is 11.5 Å². The van der Waals surface area contributed by atoms with Gasteiger partial charge < -0.3 is 14.2 Å². The van der Waals surface area contributed by atoms with Gasteiger partial charge >= 0.3 is 0 Å². The molecule has 1 aliphatic heterocycles. The number of ether oxygens (including phenoxy) is 3. The number of benzene rings is 3. The third-order valence-electron chi connectivity index (χ3n) is 5.61. The molecule has 0 aromatic heterocycles. The third-order valence-corrected chi connectivity index (χ3v) is 6.79. The maximum Gasteiger partial charge on any atom is 0.238 e. The molecule has 0 saturated heterocycles. The van der Waals surface area contributed by atoms with Crippen molar-refractivity contribution in [1.82, 2.24) is 0 Å². The first-order chi connectivity index (χ1) is 16.3. The van der Waals surface area contributed by atoms with Crippen LogP contribution >= 0.6 is 11.6 Å². The Labute approximate surface area is 203 Å². The molecule has 2 N–H and O–H groups in total. The Morgan fingerprint density at radius 2 is 1.56 bits per heavy atom. The number of hydrogen-bond acceptors (Lipinski definition) is 7. The normalized spacial score (nSPS) is 15.7. The molecule has 0 bridgehead atoms. The van der Waals surface area contributed by atoms with Crippen LogP contribution in [-0.2, 0) is 10.0 Å². The van der Waals surface area contributed by atoms with Crippen LogP contribution in [0, 0.1) is 0 Å². The first-order valence-corrected chi connectivity index (χ1v) is 12.2. The van der Waals surface area contributed by atoms with Crippen molar-refractivity contribution in [3.05, 3.63) is 76.8 Å². The lowest BCUT2D eigenvalue weighted by Gasteiger charge is -2.26. The van der Waals surface area contributed by atoms with E-state index in [0.29, 0.717) is 34.4 Å². The van der Waals surface area contributed by atoms with Crippen LogP contribution in [0.2, 0.25) is 5.02 Å². The van der Waals surface area contributed by atoms with E-state index in [9.17, 15) is 8.42 Å². The van der Waals surface area contributed by atoms with Gasteiger partial charge in [0.05, 0.1) is 43.7 Å². The van der Waals surface area contributed by atoms with E-state index in [1.165, 1.54) is 12.1 Å². The van der Waals surface area contributed by atoms with Gasteiger partial charge in [0, 0.05) is 17.0 Å². The number of nitrogens with zero attached hydrogens (tertiary/aromatic N) is 2. The zero-order valence-corrected chi connectivity index (χ0v) is 20.4. The molecule has 1 heterocycles. The summed E-state index contributed by atoms with van der Waals surface area (Å²) in [5.74, 6) is 1.56. The van der Waals surface area contributed by atoms with Crippen molar-refractivity contribution in [2.75, 3.05) is 26.3 Å². The van der Waals surface area contributed by atoms with E-state index in [-0.39, 0.29) is 10.9 Å². The molecule has 1 atom stereocenters. The molecule has 0 fully saturated rings. The molecule has 4 rings (SSSR count). The van der Waals surface area contributed by atoms with E-state index < -0.39 is 10.0 Å². The smallest absolute Gasteiger partial charge is 0.238 e. The quantitative estimate of drug-likeness (QED) is 0.515. The Bertz CT molecular complexity index is 1330. The molecule has 3 aromatic rings. The van der Waals surface area contributed by atoms with Gasteiger partial charge in [-0.3, -0.25) is 5.01 Å². The molecule has 0 aliphatic carbocycles. The third kappa shape index (κ3) is 4.54. The van der Waals surface area contributed by atoms with Gasteiger partial charge in [0.25, 0.3) is 0 Å². The second-order valence-corrected chi connectivity index (χ2v) is 9.58. The average molecular weight is 502 g/mol. The van der Waals surface area contributed by atoms with E-state index in [4.69, 9.17) is 36.1 Å². The van der Waals surface area contributed by atoms with Gasteiger partial charge in [-0.1, -0.05) is 23.7 Å². The number of primary sulfonamides is 1. The van der Waals surface area contributed by atoms with E-state index in [0.717, 1.165) is 16.8 Å². The van der Waals surface area contributed by atoms with Crippen molar-refractivity contribution in [2.24, 2.45) is 10.2 Å². The number of methoxy groups -OCH3 is 3. The molecule has 3 aromatic carbocycles. The molecule has 10 heteroatoms. The van der Waals surface area contributed by atoms with Crippen LogP contribution < -0.4 is 24.4 Å². The summed E-state index contributed by atoms with van der Waals surface area (Å²) in [4.78, 5) is 0.0256. The molecule has 0 spiro atoms. The highest BCUT2D eigenvalue weighted by atomic mass is 35.5. The van der Waals surface area contributed by atoms with Gasteiger partial charge in [0.1, 0.15) is 0 Å². The van der Waals surface area contributed by atoms with Gasteiger partial charge in [-0.05, 0) is 54.1 Å². The largest absolute Gasteiger partial charge is 0.493 e. The monoisotopic (exact) mass is 501 g/mol. The first-order valence-electron chi connectivity index (χ1n) is 10.3. The molecule has 1 unspecified atom stereocenters. The highest BCUT2D eigenvalue weighted by Crippen LogP contribution is 2.47. The van der Waals surface area contributed by atoms with Gasteiger partial charge in [-0.2, -0.15) is 5.10 Å². The molecule has 8 nitrogen and oxygen atoms in total. The lowest BCUT2D eigenvalue weighted by molar-refractivity contribution is 0.321. The number of rotatable bonds is 7. The molecule has 0 saturated carbocycles. The molecule has 0 radical (unpaired) electrons. The van der Waals surface area contributed by atoms with Gasteiger partial charge in [-0.15, -0.1) is 0 Å². The zero-order chi connectivity index (χ0) is 24.5. The summed E-state index contributed by atoms with van der Waals surface area (Å²) >= 11 is 6.07. The minimum absolute atomic E-state index is 0.0256. The summed E-state index contributed by atoms with van der Waals surface area (Å²) in [5.41, 5.74) is 3.30. The topological polar surface area (TPSA) is 103 Å². The van der Waals surface area contributed by atoms with Crippen molar-refractivity contribution in [1.29, 1.82) is 0 Å². The van der Waals surface area contributed by atoms with Gasteiger partial charge in [-0.25, -0.2) is 13.6 Å². The summed E-state index contributed by atoms with van der Waals surface area (Å²) < 4.78 is 40.2. The summed E-state index contributed by atoms with van der Waals surface area (Å²) in [6.07, 6.45) is 0.560. The molecular weight excluding hydrogens is 478 g/mol. The van der Waals surface area contributed by atoms with Crippen molar-refractivity contribution >= 4 is 33.0 Å². The average Bonchev–Trinajstić information content (AvgIpc) is 3.28. The summed E-state index contributed by atoms with van der Waals surface area (Å²) in [5, 5.41) is 12.6. The van der Waals surface area contributed by atoms with Crippen LogP contribution in [0.25, 0.3) is 0 Å². The fourth-order valence-corrected chi connectivity index (χ4v) is 4.62. The number of halogens is 1. The van der Waals surface area contributed by atoms with Crippen molar-refractivity contribution in [3.8, 4) is 17.2 Å². The van der Waals surface area contributed by atoms with Crippen molar-refractivity contribution in [2.45, 2.75) is 17.4 Å². The molecule has 178 valence electrons. The molecular formula is C24H24ClN3O5S. The second kappa shape index (κ2) is 9.54. The van der Waals surface area contributed by atoms with Gasteiger partial charge in [0.2, 0.25) is 15.8 Å². The minimum atomic E-state index is -3.81. The highest BCUT2D eigenvalue weighted by Gasteiger charge is 2.34. The number of nitrogens with two attached hydrogens (primary N) is 1. The van der Waals surface area contributed by atoms with Crippen molar-refractivity contribution in [3.63, 3.8) is 0 Å². The Morgan fingerprint density at radius 3 is 2.12 bits per heavy atom. The first kappa shape index (κ1) is 23.9. The minimum Gasteiger partial charge on any atom is -0.493 e. The molecule has 0 amide bonds. The number of sulfonamides is 1. The summed E-state index contributed by atoms with van der Waals surface area (Å²) in [6.45, 7) is 0. The number of anilines is 1.